The largest absolute Gasteiger partial charge is 0.495 e. The van der Waals surface area contributed by atoms with Gasteiger partial charge in [0, 0.05) is 4.47 Å². The summed E-state index contributed by atoms with van der Waals surface area (Å²) in [5, 5.41) is 26.4. The molecule has 21 heavy (non-hydrogen) atoms. The third-order valence-corrected chi connectivity index (χ3v) is 3.96. The van der Waals surface area contributed by atoms with Crippen molar-refractivity contribution >= 4 is 33.7 Å². The molecule has 7 nitrogen and oxygen atoms in total. The van der Waals surface area contributed by atoms with Crippen molar-refractivity contribution < 1.29 is 19.7 Å². The molecule has 0 fully saturated rings. The third-order valence-electron chi connectivity index (χ3n) is 2.55. The van der Waals surface area contributed by atoms with Crippen LogP contribution >= 0.6 is 27.7 Å². The van der Waals surface area contributed by atoms with Crippen molar-refractivity contribution in [1.82, 2.24) is 14.8 Å². The van der Waals surface area contributed by atoms with E-state index in [9.17, 15) is 9.90 Å². The van der Waals surface area contributed by atoms with Gasteiger partial charge in [-0.05, 0) is 18.2 Å². The van der Waals surface area contributed by atoms with Crippen LogP contribution in [0.3, 0.4) is 0 Å². The number of aliphatic hydroxyl groups excluding tert-OH is 1. The van der Waals surface area contributed by atoms with Crippen LogP contribution in [-0.2, 0) is 11.4 Å². The Hall–Kier alpha value is -1.58. The van der Waals surface area contributed by atoms with Gasteiger partial charge in [0.1, 0.15) is 12.4 Å². The molecule has 0 unspecified atom stereocenters. The van der Waals surface area contributed by atoms with Crippen molar-refractivity contribution in [2.75, 3.05) is 12.9 Å². The number of hydrogen-bond donors (Lipinski definition) is 2. The summed E-state index contributed by atoms with van der Waals surface area (Å²) in [4.78, 5) is 10.7. The topological polar surface area (TPSA) is 97.5 Å². The number of carboxylic acid groups (broad SMARTS) is 1. The number of nitrogens with zero attached hydrogens (tertiary/aromatic N) is 3. The molecule has 0 atom stereocenters. The molecule has 2 rings (SSSR count). The van der Waals surface area contributed by atoms with Crippen molar-refractivity contribution in [1.29, 1.82) is 0 Å². The molecule has 1 aromatic carbocycles. The number of aromatic nitrogens is 3. The number of carbonyl (C=O) groups is 1. The Labute approximate surface area is 133 Å². The maximum atomic E-state index is 10.7. The van der Waals surface area contributed by atoms with Crippen LogP contribution in [0.25, 0.3) is 5.69 Å². The first kappa shape index (κ1) is 15.8. The van der Waals surface area contributed by atoms with Crippen LogP contribution in [0.5, 0.6) is 5.75 Å². The molecule has 1 heterocycles. The third kappa shape index (κ3) is 3.55. The lowest BCUT2D eigenvalue weighted by Crippen LogP contribution is -2.06. The van der Waals surface area contributed by atoms with Crippen molar-refractivity contribution in [3.8, 4) is 11.4 Å². The molecule has 0 radical (unpaired) electrons. The fourth-order valence-corrected chi connectivity index (χ4v) is 2.74. The monoisotopic (exact) mass is 373 g/mol. The number of aliphatic carboxylic acids is 1. The van der Waals surface area contributed by atoms with E-state index in [-0.39, 0.29) is 12.4 Å². The summed E-state index contributed by atoms with van der Waals surface area (Å²) >= 11 is 4.39. The van der Waals surface area contributed by atoms with Gasteiger partial charge in [0.15, 0.2) is 11.0 Å². The van der Waals surface area contributed by atoms with Gasteiger partial charge in [-0.1, -0.05) is 27.7 Å². The highest BCUT2D eigenvalue weighted by atomic mass is 79.9. The zero-order valence-electron chi connectivity index (χ0n) is 11.0. The Morgan fingerprint density at radius 2 is 2.24 bits per heavy atom. The van der Waals surface area contributed by atoms with E-state index in [1.54, 1.807) is 16.7 Å². The van der Waals surface area contributed by atoms with E-state index in [1.165, 1.54) is 7.11 Å². The molecule has 0 aliphatic rings. The number of thioether (sulfide) groups is 1. The standard InChI is InChI=1S/C12H12BrN3O4S/c1-20-9-3-2-7(13)4-8(9)16-10(5-17)14-15-12(16)21-6-11(18)19/h2-4,17H,5-6H2,1H3,(H,18,19). The quantitative estimate of drug-likeness (QED) is 0.743. The van der Waals surface area contributed by atoms with Crippen molar-refractivity contribution in [2.45, 2.75) is 11.8 Å². The van der Waals surface area contributed by atoms with Gasteiger partial charge >= 0.3 is 5.97 Å². The minimum Gasteiger partial charge on any atom is -0.495 e. The van der Waals surface area contributed by atoms with E-state index in [0.29, 0.717) is 22.4 Å². The lowest BCUT2D eigenvalue weighted by Gasteiger charge is -2.13. The normalized spacial score (nSPS) is 10.6. The zero-order valence-corrected chi connectivity index (χ0v) is 13.4. The van der Waals surface area contributed by atoms with Crippen LogP contribution in [0.2, 0.25) is 0 Å². The summed E-state index contributed by atoms with van der Waals surface area (Å²) in [6, 6.07) is 5.35. The van der Waals surface area contributed by atoms with Crippen LogP contribution in [0.1, 0.15) is 5.82 Å². The molecule has 0 spiro atoms. The van der Waals surface area contributed by atoms with E-state index in [1.807, 2.05) is 6.07 Å². The van der Waals surface area contributed by atoms with Gasteiger partial charge in [-0.2, -0.15) is 0 Å². The number of methoxy groups -OCH3 is 1. The van der Waals surface area contributed by atoms with Crippen LogP contribution in [0, 0.1) is 0 Å². The SMILES string of the molecule is COc1ccc(Br)cc1-n1c(CO)nnc1SCC(=O)O. The highest BCUT2D eigenvalue weighted by Gasteiger charge is 2.18. The predicted molar refractivity (Wildman–Crippen MR) is 79.9 cm³/mol. The van der Waals surface area contributed by atoms with Gasteiger partial charge in [-0.25, -0.2) is 0 Å². The highest BCUT2D eigenvalue weighted by molar-refractivity contribution is 9.10. The summed E-state index contributed by atoms with van der Waals surface area (Å²) in [7, 11) is 1.53. The Kier molecular flexibility index (Phi) is 5.21. The number of halogens is 1. The second-order valence-corrected chi connectivity index (χ2v) is 5.75. The van der Waals surface area contributed by atoms with Crippen LogP contribution < -0.4 is 4.74 Å². The minimum atomic E-state index is -0.957. The summed E-state index contributed by atoms with van der Waals surface area (Å²) in [5.74, 6) is -0.245. The molecule has 0 bridgehead atoms. The van der Waals surface area contributed by atoms with Gasteiger partial charge in [0.05, 0.1) is 18.6 Å². The first-order valence-electron chi connectivity index (χ1n) is 5.80. The average Bonchev–Trinajstić information content (AvgIpc) is 2.87. The first-order valence-corrected chi connectivity index (χ1v) is 7.58. The van der Waals surface area contributed by atoms with Crippen LogP contribution in [0.4, 0.5) is 0 Å². The van der Waals surface area contributed by atoms with Gasteiger partial charge in [-0.3, -0.25) is 9.36 Å². The van der Waals surface area contributed by atoms with E-state index in [2.05, 4.69) is 26.1 Å². The number of hydrogen-bond acceptors (Lipinski definition) is 6. The smallest absolute Gasteiger partial charge is 0.313 e. The molecule has 0 aliphatic carbocycles. The van der Waals surface area contributed by atoms with Crippen LogP contribution in [-0.4, -0.2) is 43.8 Å². The minimum absolute atomic E-state index is 0.153. The van der Waals surface area contributed by atoms with E-state index in [4.69, 9.17) is 9.84 Å². The molecule has 0 saturated carbocycles. The Bertz CT molecular complexity index is 662. The van der Waals surface area contributed by atoms with Crippen molar-refractivity contribution in [3.63, 3.8) is 0 Å². The number of carboxylic acids is 1. The average molecular weight is 374 g/mol. The van der Waals surface area contributed by atoms with Gasteiger partial charge in [0.25, 0.3) is 0 Å². The van der Waals surface area contributed by atoms with Crippen LogP contribution in [0.15, 0.2) is 27.8 Å². The first-order chi connectivity index (χ1) is 10.1. The van der Waals surface area contributed by atoms with Crippen molar-refractivity contribution in [2.24, 2.45) is 0 Å². The van der Waals surface area contributed by atoms with Gasteiger partial charge in [0.2, 0.25) is 0 Å². The molecular weight excluding hydrogens is 362 g/mol. The Morgan fingerprint density at radius 1 is 1.48 bits per heavy atom. The van der Waals surface area contributed by atoms with Crippen molar-refractivity contribution in [3.05, 3.63) is 28.5 Å². The molecule has 0 aliphatic heterocycles. The molecule has 1 aromatic heterocycles. The number of ether oxygens (including phenoxy) is 1. The Balaban J connectivity index is 2.53. The molecule has 0 saturated heterocycles. The molecule has 9 heteroatoms. The number of aliphatic hydroxyl groups is 1. The summed E-state index contributed by atoms with van der Waals surface area (Å²) in [6.45, 7) is -0.323. The summed E-state index contributed by atoms with van der Waals surface area (Å²) < 4.78 is 7.69. The second-order valence-electron chi connectivity index (χ2n) is 3.89. The maximum Gasteiger partial charge on any atom is 0.313 e. The van der Waals surface area contributed by atoms with Gasteiger partial charge in [-0.15, -0.1) is 10.2 Å². The molecular formula is C12H12BrN3O4S. The Morgan fingerprint density at radius 3 is 2.86 bits per heavy atom. The fraction of sp³-hybridized carbons (Fsp3) is 0.250. The number of benzene rings is 1. The lowest BCUT2D eigenvalue weighted by molar-refractivity contribution is -0.133. The summed E-state index contributed by atoms with van der Waals surface area (Å²) in [6.07, 6.45) is 0. The van der Waals surface area contributed by atoms with E-state index >= 15 is 0 Å². The lowest BCUT2D eigenvalue weighted by atomic mass is 10.3. The second kappa shape index (κ2) is 6.92. The van der Waals surface area contributed by atoms with E-state index in [0.717, 1.165) is 16.2 Å². The molecule has 0 amide bonds. The molecule has 2 aromatic rings. The van der Waals surface area contributed by atoms with E-state index < -0.39 is 5.97 Å². The fourth-order valence-electron chi connectivity index (χ4n) is 1.70. The molecule has 2 N–H and O–H groups in total. The van der Waals surface area contributed by atoms with Gasteiger partial charge < -0.3 is 14.9 Å². The maximum absolute atomic E-state index is 10.7. The zero-order chi connectivity index (χ0) is 15.4. The number of rotatable bonds is 6. The highest BCUT2D eigenvalue weighted by Crippen LogP contribution is 2.31. The summed E-state index contributed by atoms with van der Waals surface area (Å²) in [5.41, 5.74) is 0.619. The predicted octanol–water partition coefficient (Wildman–Crippen LogP) is 1.71. The molecule has 112 valence electrons.